The maximum absolute atomic E-state index is 12.5. The highest BCUT2D eigenvalue weighted by Gasteiger charge is 2.54. The Morgan fingerprint density at radius 2 is 1.50 bits per heavy atom. The number of alkyl halides is 3. The fourth-order valence-electron chi connectivity index (χ4n) is 2.52. The van der Waals surface area contributed by atoms with Gasteiger partial charge < -0.3 is 10.6 Å². The summed E-state index contributed by atoms with van der Waals surface area (Å²) in [4.78, 5) is 35.1. The van der Waals surface area contributed by atoms with Gasteiger partial charge in [-0.1, -0.05) is 41.5 Å². The number of hydrogen-bond acceptors (Lipinski definition) is 3. The van der Waals surface area contributed by atoms with Crippen LogP contribution in [0.25, 0.3) is 0 Å². The van der Waals surface area contributed by atoms with Crippen molar-refractivity contribution in [2.45, 2.75) is 67.1 Å². The van der Waals surface area contributed by atoms with E-state index in [1.807, 2.05) is 27.7 Å². The van der Waals surface area contributed by atoms with Gasteiger partial charge in [-0.3, -0.25) is 14.4 Å². The van der Waals surface area contributed by atoms with Crippen LogP contribution in [-0.2, 0) is 14.4 Å². The summed E-state index contributed by atoms with van der Waals surface area (Å²) in [6.45, 7) is 12.7. The molecule has 0 bridgehead atoms. The molecule has 0 radical (unpaired) electrons. The van der Waals surface area contributed by atoms with E-state index < -0.39 is 23.9 Å². The van der Waals surface area contributed by atoms with Gasteiger partial charge in [0.05, 0.1) is 0 Å². The van der Waals surface area contributed by atoms with Crippen LogP contribution in [0.4, 0.5) is 13.2 Å². The molecular weight excluding hydrogens is 349 g/mol. The standard InChI is InChI=1S/C15H28N2O2.C3H3F3O/c1-9(14(2,3)4)13(19)17(7)11(12(16)18)10-8-15(10,5)6;1-2(7)3(4,5)6/h9-11H,8H2,1-7H3,(H2,16,18);1H3. The quantitative estimate of drug-likeness (QED) is 0.813. The molecule has 1 saturated carbocycles. The number of primary amides is 1. The Morgan fingerprint density at radius 1 is 1.15 bits per heavy atom. The zero-order chi connectivity index (χ0) is 21.2. The van der Waals surface area contributed by atoms with E-state index in [-0.39, 0.29) is 28.6 Å². The third-order valence-corrected chi connectivity index (χ3v) is 5.10. The Balaban J connectivity index is 0.000000758. The summed E-state index contributed by atoms with van der Waals surface area (Å²) in [5.41, 5.74) is 5.51. The van der Waals surface area contributed by atoms with Gasteiger partial charge in [0, 0.05) is 19.9 Å². The van der Waals surface area contributed by atoms with Crippen LogP contribution in [0.2, 0.25) is 0 Å². The Labute approximate surface area is 153 Å². The minimum atomic E-state index is -4.64. The van der Waals surface area contributed by atoms with E-state index in [4.69, 9.17) is 5.73 Å². The second-order valence-corrected chi connectivity index (χ2v) is 8.74. The summed E-state index contributed by atoms with van der Waals surface area (Å²) in [7, 11) is 1.70. The first kappa shape index (κ1) is 24.4. The summed E-state index contributed by atoms with van der Waals surface area (Å²) in [5.74, 6) is -2.11. The average Bonchev–Trinajstić information content (AvgIpc) is 3.03. The molecule has 2 N–H and O–H groups in total. The van der Waals surface area contributed by atoms with E-state index in [0.29, 0.717) is 6.92 Å². The molecule has 0 aromatic carbocycles. The number of nitrogens with zero attached hydrogens (tertiary/aromatic N) is 1. The lowest BCUT2D eigenvalue weighted by Gasteiger charge is -2.34. The molecule has 0 heterocycles. The van der Waals surface area contributed by atoms with E-state index in [2.05, 4.69) is 13.8 Å². The lowest BCUT2D eigenvalue weighted by molar-refractivity contribution is -0.168. The van der Waals surface area contributed by atoms with Crippen LogP contribution in [-0.4, -0.2) is 41.8 Å². The Morgan fingerprint density at radius 3 is 1.69 bits per heavy atom. The smallest absolute Gasteiger partial charge is 0.368 e. The van der Waals surface area contributed by atoms with Gasteiger partial charge in [0.2, 0.25) is 17.6 Å². The lowest BCUT2D eigenvalue weighted by Crippen LogP contribution is -2.50. The predicted octanol–water partition coefficient (Wildman–Crippen LogP) is 3.16. The third kappa shape index (κ3) is 6.61. The van der Waals surface area contributed by atoms with Crippen molar-refractivity contribution in [2.75, 3.05) is 7.05 Å². The molecule has 0 aromatic rings. The van der Waals surface area contributed by atoms with Gasteiger partial charge in [-0.2, -0.15) is 13.2 Å². The normalized spacial score (nSPS) is 21.0. The Bertz CT molecular complexity index is 551. The fraction of sp³-hybridized carbons (Fsp3) is 0.833. The summed E-state index contributed by atoms with van der Waals surface area (Å²) in [6.07, 6.45) is -3.69. The molecule has 1 aliphatic rings. The zero-order valence-corrected chi connectivity index (χ0v) is 16.8. The van der Waals surface area contributed by atoms with Crippen molar-refractivity contribution < 1.29 is 27.6 Å². The van der Waals surface area contributed by atoms with Crippen molar-refractivity contribution in [3.05, 3.63) is 0 Å². The number of ketones is 1. The molecule has 1 aliphatic carbocycles. The average molecular weight is 380 g/mol. The highest BCUT2D eigenvalue weighted by Crippen LogP contribution is 2.54. The second kappa shape index (κ2) is 7.96. The third-order valence-electron chi connectivity index (χ3n) is 5.10. The number of nitrogens with two attached hydrogens (primary N) is 1. The molecule has 2 amide bonds. The maximum Gasteiger partial charge on any atom is 0.449 e. The number of likely N-dealkylation sites (N-methyl/N-ethyl adjacent to an activating group) is 1. The monoisotopic (exact) mass is 380 g/mol. The van der Waals surface area contributed by atoms with Crippen LogP contribution < -0.4 is 5.73 Å². The minimum Gasteiger partial charge on any atom is -0.368 e. The number of carbonyl (C=O) groups excluding carboxylic acids is 3. The van der Waals surface area contributed by atoms with E-state index in [1.165, 1.54) is 0 Å². The van der Waals surface area contributed by atoms with E-state index in [0.717, 1.165) is 6.42 Å². The van der Waals surface area contributed by atoms with Crippen molar-refractivity contribution in [3.63, 3.8) is 0 Å². The number of carbonyl (C=O) groups is 3. The first-order valence-electron chi connectivity index (χ1n) is 8.47. The van der Waals surface area contributed by atoms with Gasteiger partial charge in [0.25, 0.3) is 0 Å². The van der Waals surface area contributed by atoms with Crippen molar-refractivity contribution in [1.82, 2.24) is 4.90 Å². The molecular formula is C18H31F3N2O3. The van der Waals surface area contributed by atoms with Gasteiger partial charge in [0.15, 0.2) is 0 Å². The number of halogens is 3. The van der Waals surface area contributed by atoms with Gasteiger partial charge in [-0.15, -0.1) is 0 Å². The van der Waals surface area contributed by atoms with Gasteiger partial charge in [0.1, 0.15) is 6.04 Å². The summed E-state index contributed by atoms with van der Waals surface area (Å²) >= 11 is 0. The van der Waals surface area contributed by atoms with Gasteiger partial charge >= 0.3 is 6.18 Å². The first-order valence-corrected chi connectivity index (χ1v) is 8.47. The SMILES string of the molecule is CC(=O)C(F)(F)F.CC(C(=O)N(C)C(C(N)=O)C1CC1(C)C)C(C)(C)C. The fourth-order valence-corrected chi connectivity index (χ4v) is 2.52. The van der Waals surface area contributed by atoms with Crippen molar-refractivity contribution >= 4 is 17.6 Å². The molecule has 152 valence electrons. The molecule has 26 heavy (non-hydrogen) atoms. The molecule has 0 aromatic heterocycles. The van der Waals surface area contributed by atoms with E-state index in [9.17, 15) is 27.6 Å². The van der Waals surface area contributed by atoms with Crippen LogP contribution in [0.1, 0.15) is 54.9 Å². The highest BCUT2D eigenvalue weighted by atomic mass is 19.4. The molecule has 3 atom stereocenters. The van der Waals surface area contributed by atoms with Gasteiger partial charge in [-0.05, 0) is 23.2 Å². The second-order valence-electron chi connectivity index (χ2n) is 8.74. The number of amides is 2. The van der Waals surface area contributed by atoms with Crippen molar-refractivity contribution in [3.8, 4) is 0 Å². The number of rotatable bonds is 4. The topological polar surface area (TPSA) is 80.5 Å². The Hall–Kier alpha value is -1.60. The van der Waals surface area contributed by atoms with Crippen LogP contribution >= 0.6 is 0 Å². The van der Waals surface area contributed by atoms with Crippen LogP contribution in [0.5, 0.6) is 0 Å². The van der Waals surface area contributed by atoms with Crippen molar-refractivity contribution in [1.29, 1.82) is 0 Å². The van der Waals surface area contributed by atoms with Crippen molar-refractivity contribution in [2.24, 2.45) is 28.4 Å². The molecule has 5 nitrogen and oxygen atoms in total. The largest absolute Gasteiger partial charge is 0.449 e. The molecule has 8 heteroatoms. The number of hydrogen-bond donors (Lipinski definition) is 1. The van der Waals surface area contributed by atoms with Crippen LogP contribution in [0, 0.1) is 22.7 Å². The number of Topliss-reactive ketones (excluding diaryl/α,β-unsaturated/α-hetero) is 1. The molecule has 3 unspecified atom stereocenters. The summed E-state index contributed by atoms with van der Waals surface area (Å²) in [5, 5.41) is 0. The molecule has 0 aliphatic heterocycles. The van der Waals surface area contributed by atoms with E-state index >= 15 is 0 Å². The predicted molar refractivity (Wildman–Crippen MR) is 93.0 cm³/mol. The molecule has 1 rings (SSSR count). The van der Waals surface area contributed by atoms with Crippen LogP contribution in [0.3, 0.4) is 0 Å². The van der Waals surface area contributed by atoms with Crippen LogP contribution in [0.15, 0.2) is 0 Å². The first-order chi connectivity index (χ1) is 11.3. The van der Waals surface area contributed by atoms with Gasteiger partial charge in [-0.25, -0.2) is 0 Å². The maximum atomic E-state index is 12.5. The molecule has 0 spiro atoms. The summed E-state index contributed by atoms with van der Waals surface area (Å²) < 4.78 is 32.5. The summed E-state index contributed by atoms with van der Waals surface area (Å²) in [6, 6.07) is -0.479. The Kier molecular flexibility index (Phi) is 7.47. The zero-order valence-electron chi connectivity index (χ0n) is 16.8. The van der Waals surface area contributed by atoms with E-state index in [1.54, 1.807) is 11.9 Å². The molecule has 0 saturated heterocycles. The minimum absolute atomic E-state index is 0.000926. The lowest BCUT2D eigenvalue weighted by atomic mass is 9.81. The highest BCUT2D eigenvalue weighted by molar-refractivity contribution is 5.88. The molecule has 1 fully saturated rings.